The van der Waals surface area contributed by atoms with Crippen LogP contribution in [0.4, 0.5) is 18.4 Å². The zero-order chi connectivity index (χ0) is 101. The number of likely N-dealkylation sites (N-methyl/N-ethyl adjacent to an activating group) is 1. The van der Waals surface area contributed by atoms with Gasteiger partial charge in [0.05, 0.1) is 194 Å². The quantitative estimate of drug-likeness (QED) is 0.0253. The molecule has 0 bridgehead atoms. The summed E-state index contributed by atoms with van der Waals surface area (Å²) in [6, 6.07) is -4.81. The summed E-state index contributed by atoms with van der Waals surface area (Å²) < 4.78 is 106. The van der Waals surface area contributed by atoms with Crippen molar-refractivity contribution >= 4 is 59.1 Å². The van der Waals surface area contributed by atoms with Crippen molar-refractivity contribution < 1.29 is 123 Å². The predicted octanol–water partition coefficient (Wildman–Crippen LogP) is 5.80. The Labute approximate surface area is 825 Å². The lowest BCUT2D eigenvalue weighted by Crippen LogP contribution is -2.71. The van der Waals surface area contributed by atoms with Crippen LogP contribution in [0.1, 0.15) is 222 Å². The van der Waals surface area contributed by atoms with Crippen LogP contribution in [0, 0.1) is 46.3 Å². The number of allylic oxidation sites excluding steroid dienone is 7. The van der Waals surface area contributed by atoms with Crippen molar-refractivity contribution in [1.82, 2.24) is 74.5 Å². The summed E-state index contributed by atoms with van der Waals surface area (Å²) in [6.45, 7) is 22.0. The summed E-state index contributed by atoms with van der Waals surface area (Å²) in [7, 11) is 6.22. The predicted molar refractivity (Wildman–Crippen MR) is 515 cm³/mol. The third-order valence-corrected chi connectivity index (χ3v) is 29.4. The Kier molecular flexibility index (Phi) is 45.6. The number of quaternary nitrogens is 1. The molecule has 5 fully saturated rings. The Balaban J connectivity index is 0.667. The van der Waals surface area contributed by atoms with Crippen LogP contribution in [-0.4, -0.2) is 330 Å². The van der Waals surface area contributed by atoms with E-state index in [0.29, 0.717) is 142 Å². The number of nitrogens with one attached hydrogen (secondary N) is 12. The second-order valence-corrected chi connectivity index (χ2v) is 41.2. The van der Waals surface area contributed by atoms with Gasteiger partial charge >= 0.3 is 12.1 Å². The molecule has 17 atom stereocenters. The van der Waals surface area contributed by atoms with Gasteiger partial charge in [0.15, 0.2) is 29.1 Å². The van der Waals surface area contributed by atoms with E-state index in [-0.39, 0.29) is 134 Å². The van der Waals surface area contributed by atoms with Crippen molar-refractivity contribution in [1.29, 1.82) is 0 Å². The van der Waals surface area contributed by atoms with Crippen molar-refractivity contribution in [2.24, 2.45) is 52.1 Å². The van der Waals surface area contributed by atoms with Crippen LogP contribution in [0.3, 0.4) is 0 Å². The molecule has 10 aliphatic rings. The average Bonchev–Trinajstić information content (AvgIpc) is 1.48. The minimum atomic E-state index is -2.47. The number of Topliss-reactive ketones (excluding diaryl/α,β-unsaturated/α-hetero) is 1. The number of halogens is 2. The topological polar surface area (TPSA) is 479 Å². The number of alkyl carbamates (subject to hydrolysis) is 1. The zero-order valence-electron chi connectivity index (χ0n) is 85.0. The molecule has 4 saturated carbocycles. The number of hydrogen-bond donors (Lipinski definition) is 14. The fraction of sp³-hybridized carbons (Fsp3) is 0.818. The minimum absolute atomic E-state index is 0.00332. The first-order valence-electron chi connectivity index (χ1n) is 51.7. The summed E-state index contributed by atoms with van der Waals surface area (Å²) >= 11 is 0. The van der Waals surface area contributed by atoms with Gasteiger partial charge in [0.25, 0.3) is 0 Å². The number of hydrazine groups is 4. The maximum Gasteiger partial charge on any atom is 0.407 e. The standard InChI is InChI=1S/C99H166F2N16O23/c1-12-14-15-20-35-95(5,6)116-78-31-29-69-68(28-30-75(78)111-114-116)70(69)64-138-94(128)106-40-45-131-49-53-135-57-55-134-52-48-130-44-34-85(122)108-77(24-19-21-37-103-86(123)65-137-80-27-18-16-17-26-79-89(80)112-113-115(79)41-46-132-50-54-136-58-56-133-51-47-129-43-33-84(121)104-39-42-117(9,10)11)91(125)110-88(66(3)4)92(126)109-76(25-22-38-105-93(102)127)90(124)107-63-82(120)99-83(139-87(140-99)23-13-2)61-71-72-60-74(100)73-59-67(118)32-36-96(73,7)98(72,101)81(119)62-97(71,99)8/h32,36,59,66,68-72,74,76-77,80-81,83,87-88,111-114,119H,12-31,33-35,37-58,60-65H2,1-11H3,(H9-,102,103,104,105,106,107,108,109,110,121,122,123,124,125,126,127,128)/p+1/t68-,69+,70-,71?,72-,74-,76-,77+,80?,81-,83+,87?,88-,96-,97-,98-,99+/m0/s1. The molecule has 140 heavy (non-hydrogen) atoms. The van der Waals surface area contributed by atoms with Gasteiger partial charge in [0, 0.05) is 54.9 Å². The summed E-state index contributed by atoms with van der Waals surface area (Å²) in [5, 5.41) is 38.8. The van der Waals surface area contributed by atoms with Crippen LogP contribution in [0.15, 0.2) is 46.6 Å². The van der Waals surface area contributed by atoms with Crippen LogP contribution in [0.2, 0.25) is 0 Å². The van der Waals surface area contributed by atoms with Gasteiger partial charge in [-0.3, -0.25) is 48.4 Å². The van der Waals surface area contributed by atoms with Crippen molar-refractivity contribution in [3.8, 4) is 0 Å². The molecule has 3 heterocycles. The van der Waals surface area contributed by atoms with E-state index >= 15 is 13.6 Å². The van der Waals surface area contributed by atoms with Gasteiger partial charge < -0.3 is 126 Å². The molecule has 0 radical (unpaired) electrons. The van der Waals surface area contributed by atoms with E-state index < -0.39 is 143 Å². The van der Waals surface area contributed by atoms with E-state index in [1.807, 2.05) is 11.9 Å². The SMILES string of the molecule is CCCCCCC(C)(C)N1NNC2=C1CC[C@@H]1[C@H](CC2)[C@@H]1COC(=O)NCCOCCOCCOCCOCCC(=O)N[C@H](CCCCNC(=O)COC1CCCCCC2=C1NNN2CCOCCOCCOCCOCCC(=O)NCC[N+](C)(C)C)C(=O)N[C@H](C(=O)N[C@@H](CCCNC(N)=O)C(=O)NCC(=O)[C@@]12OC(CCC)O[C@@H]1CC1[C@@H]3C[C@H](F)C4=CC(=O)C=C[C@]4(C)[C@@]3(F)[C@@H](O)C[C@@]12C)C(C)C. The van der Waals surface area contributed by atoms with Crippen molar-refractivity contribution in [3.63, 3.8) is 0 Å². The maximum absolute atomic E-state index is 18.3. The number of unbranched alkanes of at least 4 members (excludes halogenated alkanes) is 4. The van der Waals surface area contributed by atoms with Crippen LogP contribution in [0.5, 0.6) is 0 Å². The van der Waals surface area contributed by atoms with Crippen molar-refractivity contribution in [3.05, 3.63) is 46.6 Å². The molecule has 39 nitrogen and oxygen atoms in total. The molecule has 0 aromatic rings. The molecule has 0 aromatic heterocycles. The lowest BCUT2D eigenvalue weighted by atomic mass is 9.44. The zero-order valence-corrected chi connectivity index (χ0v) is 85.0. The fourth-order valence-electron chi connectivity index (χ4n) is 21.7. The number of nitrogens with zero attached hydrogens (tertiary/aromatic N) is 3. The molecule has 3 aliphatic heterocycles. The van der Waals surface area contributed by atoms with Crippen molar-refractivity contribution in [2.45, 2.75) is 288 Å². The number of ketones is 2. The number of hydrogen-bond acceptors (Lipinski definition) is 29. The second kappa shape index (κ2) is 56.0. The van der Waals surface area contributed by atoms with E-state index in [1.54, 1.807) is 20.8 Å². The van der Waals surface area contributed by atoms with E-state index in [4.69, 9.17) is 62.6 Å². The number of ether oxygens (including phenoxy) is 12. The fourth-order valence-corrected chi connectivity index (χ4v) is 21.7. The summed E-state index contributed by atoms with van der Waals surface area (Å²) in [5.41, 5.74) is 15.9. The lowest BCUT2D eigenvalue weighted by molar-refractivity contribution is -0.869. The number of rotatable bonds is 65. The molecule has 0 spiro atoms. The molecule has 10 rings (SSSR count). The van der Waals surface area contributed by atoms with E-state index in [1.165, 1.54) is 56.2 Å². The molecule has 3 unspecified atom stereocenters. The Bertz CT molecular complexity index is 4150. The first kappa shape index (κ1) is 114. The Morgan fingerprint density at radius 1 is 0.643 bits per heavy atom. The van der Waals surface area contributed by atoms with Gasteiger partial charge in [-0.15, -0.1) is 11.1 Å². The van der Waals surface area contributed by atoms with Gasteiger partial charge in [0.2, 0.25) is 35.4 Å². The summed E-state index contributed by atoms with van der Waals surface area (Å²) in [5.74, 6) is -5.62. The van der Waals surface area contributed by atoms with Gasteiger partial charge in [-0.05, 0) is 177 Å². The third kappa shape index (κ3) is 32.1. The highest BCUT2D eigenvalue weighted by Crippen LogP contribution is 2.72. The molecule has 15 N–H and O–H groups in total. The highest BCUT2D eigenvalue weighted by atomic mass is 19.1. The first-order valence-corrected chi connectivity index (χ1v) is 51.7. The van der Waals surface area contributed by atoms with Gasteiger partial charge in [0.1, 0.15) is 37.0 Å². The van der Waals surface area contributed by atoms with Crippen LogP contribution in [-0.2, 0) is 95.2 Å². The smallest absolute Gasteiger partial charge is 0.407 e. The Morgan fingerprint density at radius 2 is 1.28 bits per heavy atom. The number of nitrogens with two attached hydrogens (primary N) is 1. The highest BCUT2D eigenvalue weighted by Gasteiger charge is 2.80. The number of aliphatic hydroxyl groups excluding tert-OH is 1. The number of carbonyl (C=O) groups is 10. The first-order chi connectivity index (χ1) is 67.1. The van der Waals surface area contributed by atoms with Gasteiger partial charge in [-0.2, -0.15) is 0 Å². The summed E-state index contributed by atoms with van der Waals surface area (Å²) in [6.07, 6.45) is 12.9. The second-order valence-electron chi connectivity index (χ2n) is 41.2. The number of urea groups is 1. The largest absolute Gasteiger partial charge is 0.449 e. The molecule has 0 aromatic carbocycles. The number of amides is 9. The lowest BCUT2D eigenvalue weighted by Gasteiger charge is -2.63. The van der Waals surface area contributed by atoms with Crippen molar-refractivity contribution in [2.75, 3.05) is 186 Å². The summed E-state index contributed by atoms with van der Waals surface area (Å²) in [4.78, 5) is 136. The molecule has 9 amide bonds. The third-order valence-electron chi connectivity index (χ3n) is 29.4. The normalized spacial score (nSPS) is 26.9. The Morgan fingerprint density at radius 3 is 1.94 bits per heavy atom. The van der Waals surface area contributed by atoms with Gasteiger partial charge in [-0.1, -0.05) is 85.6 Å². The maximum atomic E-state index is 18.3. The average molecular weight is 1990 g/mol. The number of carbonyl (C=O) groups excluding carboxylic acids is 10. The number of aliphatic hydroxyl groups is 1. The van der Waals surface area contributed by atoms with Crippen LogP contribution in [0.25, 0.3) is 0 Å². The molecular weight excluding hydrogens is 1820 g/mol. The number of primary amides is 1. The molecule has 1 saturated heterocycles. The van der Waals surface area contributed by atoms with Crippen LogP contribution >= 0.6 is 0 Å². The van der Waals surface area contributed by atoms with Crippen LogP contribution < -0.4 is 70.2 Å². The number of fused-ring (bicyclic) bond motifs is 8. The molecule has 794 valence electrons. The van der Waals surface area contributed by atoms with E-state index in [9.17, 15) is 48.3 Å². The number of alkyl halides is 2. The Hall–Kier alpha value is -7.88. The van der Waals surface area contributed by atoms with E-state index in [0.717, 1.165) is 86.3 Å². The molecule has 41 heteroatoms. The van der Waals surface area contributed by atoms with Gasteiger partial charge in [-0.25, -0.2) is 18.4 Å². The monoisotopic (exact) mass is 1990 g/mol. The highest BCUT2D eigenvalue weighted by molar-refractivity contribution is 6.02. The van der Waals surface area contributed by atoms with E-state index in [2.05, 4.69) is 111 Å². The molecule has 7 aliphatic carbocycles. The molecular formula is C99H167F2N16O23+. The minimum Gasteiger partial charge on any atom is -0.449 e.